The highest BCUT2D eigenvalue weighted by Crippen LogP contribution is 2.38. The van der Waals surface area contributed by atoms with Crippen LogP contribution >= 0.6 is 0 Å². The Morgan fingerprint density at radius 3 is 2.46 bits per heavy atom. The Kier molecular flexibility index (Phi) is 7.10. The Balaban J connectivity index is 1.53. The summed E-state index contributed by atoms with van der Waals surface area (Å²) in [4.78, 5) is 26.2. The van der Waals surface area contributed by atoms with Crippen LogP contribution in [-0.4, -0.2) is 41.1 Å². The predicted molar refractivity (Wildman–Crippen MR) is 134 cm³/mol. The fourth-order valence-electron chi connectivity index (χ4n) is 4.66. The third kappa shape index (κ3) is 5.65. The normalized spacial score (nSPS) is 16.3. The molecule has 0 saturated carbocycles. The number of aryl methyl sites for hydroxylation is 1. The first kappa shape index (κ1) is 24.3. The fraction of sp³-hybridized carbons (Fsp3) is 0.310. The van der Waals surface area contributed by atoms with Crippen LogP contribution in [0.5, 0.6) is 11.5 Å². The number of fused-ring (bicyclic) bond motifs is 1. The number of hydrogen-bond acceptors (Lipinski definition) is 4. The molecule has 1 atom stereocenters. The molecule has 0 saturated heterocycles. The van der Waals surface area contributed by atoms with Crippen LogP contribution in [0.2, 0.25) is 0 Å². The molecule has 6 nitrogen and oxygen atoms in total. The molecule has 0 unspecified atom stereocenters. The van der Waals surface area contributed by atoms with E-state index in [4.69, 9.17) is 9.47 Å². The minimum atomic E-state index is -1.07. The number of carbonyl (C=O) groups is 2. The van der Waals surface area contributed by atoms with Crippen molar-refractivity contribution in [1.29, 1.82) is 0 Å². The maximum absolute atomic E-state index is 13.4. The molecule has 3 aromatic rings. The number of carbonyl (C=O) groups excluding carboxylic acids is 1. The molecule has 1 amide bonds. The number of carboxylic acids is 1. The van der Waals surface area contributed by atoms with Crippen LogP contribution in [0.4, 0.5) is 0 Å². The third-order valence-corrected chi connectivity index (χ3v) is 6.40. The zero-order valence-electron chi connectivity index (χ0n) is 20.4. The topological polar surface area (TPSA) is 76.1 Å². The van der Waals surface area contributed by atoms with Gasteiger partial charge < -0.3 is 19.5 Å². The maximum atomic E-state index is 13.4. The quantitative estimate of drug-likeness (QED) is 0.477. The smallest absolute Gasteiger partial charge is 0.323 e. The van der Waals surface area contributed by atoms with Crippen LogP contribution in [0.3, 0.4) is 0 Å². The fourth-order valence-corrected chi connectivity index (χ4v) is 4.66. The van der Waals surface area contributed by atoms with Crippen molar-refractivity contribution in [2.75, 3.05) is 13.7 Å². The molecule has 1 heterocycles. The molecule has 0 bridgehead atoms. The summed E-state index contributed by atoms with van der Waals surface area (Å²) in [6, 6.07) is 21.2. The highest BCUT2D eigenvalue weighted by molar-refractivity contribution is 5.96. The lowest BCUT2D eigenvalue weighted by molar-refractivity contribution is -0.137. The van der Waals surface area contributed by atoms with Crippen molar-refractivity contribution in [3.05, 3.63) is 94.5 Å². The third-order valence-electron chi connectivity index (χ3n) is 6.40. The van der Waals surface area contributed by atoms with E-state index >= 15 is 0 Å². The van der Waals surface area contributed by atoms with Crippen molar-refractivity contribution >= 4 is 11.9 Å². The number of para-hydroxylation sites is 1. The van der Waals surface area contributed by atoms with Gasteiger partial charge in [-0.1, -0.05) is 49.4 Å². The second-order valence-corrected chi connectivity index (χ2v) is 9.26. The number of hydrogen-bond donors (Lipinski definition) is 1. The number of benzene rings is 3. The molecule has 35 heavy (non-hydrogen) atoms. The number of ether oxygens (including phenoxy) is 2. The Labute approximate surface area is 206 Å². The van der Waals surface area contributed by atoms with Crippen LogP contribution in [0.25, 0.3) is 0 Å². The van der Waals surface area contributed by atoms with Crippen molar-refractivity contribution < 1.29 is 24.2 Å². The average molecular weight is 474 g/mol. The summed E-state index contributed by atoms with van der Waals surface area (Å²) in [5.41, 5.74) is 4.25. The van der Waals surface area contributed by atoms with Gasteiger partial charge in [-0.15, -0.1) is 0 Å². The molecule has 0 aromatic heterocycles. The Hall–Kier alpha value is -3.80. The van der Waals surface area contributed by atoms with E-state index in [1.807, 2.05) is 30.3 Å². The monoisotopic (exact) mass is 473 g/mol. The van der Waals surface area contributed by atoms with Crippen LogP contribution in [0.1, 0.15) is 46.5 Å². The van der Waals surface area contributed by atoms with E-state index in [-0.39, 0.29) is 12.5 Å². The van der Waals surface area contributed by atoms with Crippen molar-refractivity contribution in [3.63, 3.8) is 0 Å². The van der Waals surface area contributed by atoms with E-state index in [2.05, 4.69) is 38.1 Å². The van der Waals surface area contributed by atoms with Gasteiger partial charge in [0.15, 0.2) is 0 Å². The Bertz CT molecular complexity index is 1220. The van der Waals surface area contributed by atoms with Crippen LogP contribution < -0.4 is 9.47 Å². The molecule has 4 rings (SSSR count). The highest BCUT2D eigenvalue weighted by Gasteiger charge is 2.35. The van der Waals surface area contributed by atoms with Crippen LogP contribution in [-0.2, 0) is 30.6 Å². The molecular weight excluding hydrogens is 442 g/mol. The number of carboxylic acid groups (broad SMARTS) is 1. The SMILES string of the molecule is CCc1ccc(C[C@]2(C)Cc3cc(C(=O)N(CC(=O)O)Cc4ccccc4OC)ccc3O2)cc1. The van der Waals surface area contributed by atoms with E-state index in [0.717, 1.165) is 29.7 Å². The molecule has 0 radical (unpaired) electrons. The summed E-state index contributed by atoms with van der Waals surface area (Å²) < 4.78 is 11.7. The summed E-state index contributed by atoms with van der Waals surface area (Å²) in [5.74, 6) is -0.0335. The molecule has 0 spiro atoms. The van der Waals surface area contributed by atoms with Gasteiger partial charge in [0.2, 0.25) is 0 Å². The van der Waals surface area contributed by atoms with Crippen LogP contribution in [0, 0.1) is 0 Å². The van der Waals surface area contributed by atoms with Gasteiger partial charge >= 0.3 is 5.97 Å². The maximum Gasteiger partial charge on any atom is 0.323 e. The number of amides is 1. The molecule has 1 aliphatic heterocycles. The zero-order valence-corrected chi connectivity index (χ0v) is 20.4. The van der Waals surface area contributed by atoms with Crippen LogP contribution in [0.15, 0.2) is 66.7 Å². The second kappa shape index (κ2) is 10.2. The van der Waals surface area contributed by atoms with Gasteiger partial charge in [-0.05, 0) is 54.3 Å². The first-order valence-corrected chi connectivity index (χ1v) is 11.8. The van der Waals surface area contributed by atoms with E-state index in [1.54, 1.807) is 19.2 Å². The summed E-state index contributed by atoms with van der Waals surface area (Å²) in [5, 5.41) is 9.44. The van der Waals surface area contributed by atoms with Gasteiger partial charge in [-0.3, -0.25) is 9.59 Å². The van der Waals surface area contributed by atoms with E-state index < -0.39 is 18.1 Å². The zero-order chi connectivity index (χ0) is 25.0. The molecule has 3 aromatic carbocycles. The van der Waals surface area contributed by atoms with Crippen molar-refractivity contribution in [1.82, 2.24) is 4.90 Å². The molecule has 1 aliphatic rings. The lowest BCUT2D eigenvalue weighted by Gasteiger charge is -2.24. The lowest BCUT2D eigenvalue weighted by Crippen LogP contribution is -2.35. The molecule has 0 aliphatic carbocycles. The largest absolute Gasteiger partial charge is 0.496 e. The van der Waals surface area contributed by atoms with Crippen molar-refractivity contribution in [2.45, 2.75) is 45.3 Å². The highest BCUT2D eigenvalue weighted by atomic mass is 16.5. The van der Waals surface area contributed by atoms with E-state index in [1.165, 1.54) is 16.0 Å². The molecule has 1 N–H and O–H groups in total. The lowest BCUT2D eigenvalue weighted by atomic mass is 9.91. The van der Waals surface area contributed by atoms with Gasteiger partial charge in [0.05, 0.1) is 13.7 Å². The minimum absolute atomic E-state index is 0.133. The van der Waals surface area contributed by atoms with Gasteiger partial charge in [-0.25, -0.2) is 0 Å². The van der Waals surface area contributed by atoms with Crippen molar-refractivity contribution in [3.8, 4) is 11.5 Å². The van der Waals surface area contributed by atoms with Gasteiger partial charge in [-0.2, -0.15) is 0 Å². The van der Waals surface area contributed by atoms with Crippen molar-refractivity contribution in [2.24, 2.45) is 0 Å². The first-order chi connectivity index (χ1) is 16.8. The molecular formula is C29H31NO5. The summed E-state index contributed by atoms with van der Waals surface area (Å²) in [7, 11) is 1.55. The number of nitrogens with zero attached hydrogens (tertiary/aromatic N) is 1. The Morgan fingerprint density at radius 1 is 1.06 bits per heavy atom. The minimum Gasteiger partial charge on any atom is -0.496 e. The molecule has 0 fully saturated rings. The standard InChI is InChI=1S/C29H31NO5/c1-4-20-9-11-21(12-10-20)16-29(2)17-24-15-22(13-14-26(24)35-29)28(33)30(19-27(31)32)18-23-7-5-6-8-25(23)34-3/h5-15H,4,16-19H2,1-3H3,(H,31,32)/t29-/m1/s1. The second-order valence-electron chi connectivity index (χ2n) is 9.26. The summed E-state index contributed by atoms with van der Waals surface area (Å²) in [6.45, 7) is 3.95. The number of aliphatic carboxylic acids is 1. The van der Waals surface area contributed by atoms with Gasteiger partial charge in [0, 0.05) is 24.0 Å². The predicted octanol–water partition coefficient (Wildman–Crippen LogP) is 4.92. The molecule has 6 heteroatoms. The van der Waals surface area contributed by atoms with Gasteiger partial charge in [0.25, 0.3) is 5.91 Å². The Morgan fingerprint density at radius 2 is 1.77 bits per heavy atom. The van der Waals surface area contributed by atoms with Gasteiger partial charge in [0.1, 0.15) is 23.6 Å². The first-order valence-electron chi connectivity index (χ1n) is 11.8. The number of methoxy groups -OCH3 is 1. The summed E-state index contributed by atoms with van der Waals surface area (Å²) in [6.07, 6.45) is 2.44. The van der Waals surface area contributed by atoms with E-state index in [0.29, 0.717) is 17.7 Å². The summed E-state index contributed by atoms with van der Waals surface area (Å²) >= 11 is 0. The average Bonchev–Trinajstić information content (AvgIpc) is 3.18. The van der Waals surface area contributed by atoms with E-state index in [9.17, 15) is 14.7 Å². The molecule has 182 valence electrons. The number of rotatable bonds is 9.